The van der Waals surface area contributed by atoms with Crippen LogP contribution in [0.3, 0.4) is 0 Å². The standard InChI is InChI=1S/C25H25NO5/c1-29-19-13-14-20(21(15-19)30-2)24-26(16-17-9-5-3-6-10-17)22(23(31-24)25(27)28)18-11-7-4-8-12-18/h3-15,22-24H,16H2,1-2H3,(H,27,28)/t22-,23+,24?/m0/s1. The van der Waals surface area contributed by atoms with Crippen molar-refractivity contribution in [3.05, 3.63) is 95.6 Å². The fourth-order valence-electron chi connectivity index (χ4n) is 4.07. The Morgan fingerprint density at radius 1 is 0.968 bits per heavy atom. The van der Waals surface area contributed by atoms with Crippen molar-refractivity contribution < 1.29 is 24.1 Å². The molecule has 3 atom stereocenters. The van der Waals surface area contributed by atoms with Crippen molar-refractivity contribution in [3.8, 4) is 11.5 Å². The number of methoxy groups -OCH3 is 2. The van der Waals surface area contributed by atoms with Crippen LogP contribution in [0.1, 0.15) is 29.0 Å². The molecule has 1 aliphatic rings. The minimum Gasteiger partial charge on any atom is -0.497 e. The number of hydrogen-bond acceptors (Lipinski definition) is 5. The summed E-state index contributed by atoms with van der Waals surface area (Å²) in [6.45, 7) is 0.518. The molecule has 0 bridgehead atoms. The van der Waals surface area contributed by atoms with Gasteiger partial charge >= 0.3 is 5.97 Å². The lowest BCUT2D eigenvalue weighted by molar-refractivity contribution is -0.150. The average Bonchev–Trinajstić information content (AvgIpc) is 3.19. The first-order valence-electron chi connectivity index (χ1n) is 10.1. The van der Waals surface area contributed by atoms with E-state index in [1.54, 1.807) is 20.3 Å². The van der Waals surface area contributed by atoms with Crippen molar-refractivity contribution in [2.24, 2.45) is 0 Å². The van der Waals surface area contributed by atoms with E-state index in [0.29, 0.717) is 18.0 Å². The van der Waals surface area contributed by atoms with Crippen LogP contribution in [0.4, 0.5) is 0 Å². The van der Waals surface area contributed by atoms with Gasteiger partial charge in [-0.25, -0.2) is 4.79 Å². The van der Waals surface area contributed by atoms with Gasteiger partial charge < -0.3 is 19.3 Å². The number of nitrogens with zero attached hydrogens (tertiary/aromatic N) is 1. The smallest absolute Gasteiger partial charge is 0.334 e. The Morgan fingerprint density at radius 3 is 2.26 bits per heavy atom. The van der Waals surface area contributed by atoms with Crippen LogP contribution in [0.25, 0.3) is 0 Å². The van der Waals surface area contributed by atoms with E-state index in [1.807, 2.05) is 72.8 Å². The fraction of sp³-hybridized carbons (Fsp3) is 0.240. The lowest BCUT2D eigenvalue weighted by Crippen LogP contribution is -2.32. The second-order valence-electron chi connectivity index (χ2n) is 7.37. The lowest BCUT2D eigenvalue weighted by atomic mass is 9.99. The average molecular weight is 419 g/mol. The number of aliphatic carboxylic acids is 1. The molecule has 3 aromatic carbocycles. The zero-order chi connectivity index (χ0) is 21.8. The molecular weight excluding hydrogens is 394 g/mol. The molecule has 1 unspecified atom stereocenters. The molecular formula is C25H25NO5. The molecule has 0 aromatic heterocycles. The number of rotatable bonds is 7. The number of carboxylic acids is 1. The van der Waals surface area contributed by atoms with E-state index in [9.17, 15) is 9.90 Å². The third kappa shape index (κ3) is 4.26. The molecule has 0 aliphatic carbocycles. The van der Waals surface area contributed by atoms with Crippen LogP contribution in [0.2, 0.25) is 0 Å². The SMILES string of the molecule is COc1ccc(C2O[C@@H](C(=O)O)[C@H](c3ccccc3)N2Cc2ccccc2)c(OC)c1. The quantitative estimate of drug-likeness (QED) is 0.611. The third-order valence-electron chi connectivity index (χ3n) is 5.52. The summed E-state index contributed by atoms with van der Waals surface area (Å²) < 4.78 is 17.1. The molecule has 1 saturated heterocycles. The largest absolute Gasteiger partial charge is 0.497 e. The van der Waals surface area contributed by atoms with Gasteiger partial charge in [0.2, 0.25) is 0 Å². The summed E-state index contributed by atoms with van der Waals surface area (Å²) in [5.74, 6) is 0.241. The Balaban J connectivity index is 1.82. The Bertz CT molecular complexity index is 1020. The van der Waals surface area contributed by atoms with E-state index in [-0.39, 0.29) is 0 Å². The van der Waals surface area contributed by atoms with Crippen LogP contribution in [0.5, 0.6) is 11.5 Å². The van der Waals surface area contributed by atoms with Gasteiger partial charge in [0.1, 0.15) is 17.7 Å². The predicted molar refractivity (Wildman–Crippen MR) is 116 cm³/mol. The minimum absolute atomic E-state index is 0.462. The van der Waals surface area contributed by atoms with Gasteiger partial charge in [-0.2, -0.15) is 0 Å². The number of hydrogen-bond donors (Lipinski definition) is 1. The summed E-state index contributed by atoms with van der Waals surface area (Å²) in [4.78, 5) is 14.3. The molecule has 4 rings (SSSR count). The number of benzene rings is 3. The van der Waals surface area contributed by atoms with Gasteiger partial charge in [-0.15, -0.1) is 0 Å². The Morgan fingerprint density at radius 2 is 1.65 bits per heavy atom. The third-order valence-corrected chi connectivity index (χ3v) is 5.52. The lowest BCUT2D eigenvalue weighted by Gasteiger charge is -2.29. The minimum atomic E-state index is -1.03. The first-order chi connectivity index (χ1) is 15.1. The van der Waals surface area contributed by atoms with E-state index >= 15 is 0 Å². The van der Waals surface area contributed by atoms with E-state index in [0.717, 1.165) is 16.7 Å². The second kappa shape index (κ2) is 9.20. The molecule has 0 saturated carbocycles. The molecule has 1 aliphatic heterocycles. The van der Waals surface area contributed by atoms with Crippen LogP contribution in [0.15, 0.2) is 78.9 Å². The van der Waals surface area contributed by atoms with E-state index in [1.165, 1.54) is 0 Å². The van der Waals surface area contributed by atoms with Crippen molar-refractivity contribution >= 4 is 5.97 Å². The normalized spacial score (nSPS) is 21.0. The van der Waals surface area contributed by atoms with Crippen LogP contribution in [-0.4, -0.2) is 36.3 Å². The Kier molecular flexibility index (Phi) is 6.21. The highest BCUT2D eigenvalue weighted by Crippen LogP contribution is 2.46. The van der Waals surface area contributed by atoms with Gasteiger partial charge in [-0.3, -0.25) is 4.90 Å². The summed E-state index contributed by atoms with van der Waals surface area (Å²) in [7, 11) is 3.17. The summed E-state index contributed by atoms with van der Waals surface area (Å²) in [5.41, 5.74) is 2.71. The molecule has 0 spiro atoms. The number of carbonyl (C=O) groups is 1. The highest BCUT2D eigenvalue weighted by molar-refractivity contribution is 5.74. The summed E-state index contributed by atoms with van der Waals surface area (Å²) in [6, 6.07) is 24.6. The van der Waals surface area contributed by atoms with E-state index in [4.69, 9.17) is 14.2 Å². The predicted octanol–water partition coefficient (Wildman–Crippen LogP) is 4.43. The molecule has 0 radical (unpaired) electrons. The van der Waals surface area contributed by atoms with Crippen LogP contribution >= 0.6 is 0 Å². The molecule has 31 heavy (non-hydrogen) atoms. The number of ether oxygens (including phenoxy) is 3. The van der Waals surface area contributed by atoms with Crippen LogP contribution < -0.4 is 9.47 Å². The van der Waals surface area contributed by atoms with E-state index < -0.39 is 24.3 Å². The van der Waals surface area contributed by atoms with Crippen LogP contribution in [-0.2, 0) is 16.1 Å². The molecule has 1 fully saturated rings. The van der Waals surface area contributed by atoms with Gasteiger partial charge in [-0.05, 0) is 23.3 Å². The maximum atomic E-state index is 12.2. The second-order valence-corrected chi connectivity index (χ2v) is 7.37. The van der Waals surface area contributed by atoms with Crippen molar-refractivity contribution in [1.82, 2.24) is 4.90 Å². The summed E-state index contributed by atoms with van der Waals surface area (Å²) in [5, 5.41) is 10.00. The van der Waals surface area contributed by atoms with Crippen molar-refractivity contribution in [1.29, 1.82) is 0 Å². The fourth-order valence-corrected chi connectivity index (χ4v) is 4.07. The molecule has 1 N–H and O–H groups in total. The Hall–Kier alpha value is -3.35. The van der Waals surface area contributed by atoms with Crippen molar-refractivity contribution in [3.63, 3.8) is 0 Å². The highest BCUT2D eigenvalue weighted by atomic mass is 16.6. The topological polar surface area (TPSA) is 68.2 Å². The first-order valence-corrected chi connectivity index (χ1v) is 10.1. The number of carboxylic acid groups (broad SMARTS) is 1. The highest BCUT2D eigenvalue weighted by Gasteiger charge is 2.48. The van der Waals surface area contributed by atoms with Gasteiger partial charge in [0.05, 0.1) is 20.3 Å². The summed E-state index contributed by atoms with van der Waals surface area (Å²) in [6.07, 6.45) is -1.63. The van der Waals surface area contributed by atoms with Gasteiger partial charge in [0.15, 0.2) is 6.10 Å². The zero-order valence-electron chi connectivity index (χ0n) is 17.5. The van der Waals surface area contributed by atoms with Gasteiger partial charge in [0.25, 0.3) is 0 Å². The summed E-state index contributed by atoms with van der Waals surface area (Å²) >= 11 is 0. The van der Waals surface area contributed by atoms with Gasteiger partial charge in [0, 0.05) is 18.2 Å². The zero-order valence-corrected chi connectivity index (χ0v) is 17.5. The van der Waals surface area contributed by atoms with Gasteiger partial charge in [-0.1, -0.05) is 60.7 Å². The monoisotopic (exact) mass is 419 g/mol. The molecule has 6 heteroatoms. The molecule has 3 aromatic rings. The molecule has 0 amide bonds. The van der Waals surface area contributed by atoms with E-state index in [2.05, 4.69) is 4.90 Å². The maximum Gasteiger partial charge on any atom is 0.334 e. The first kappa shape index (κ1) is 20.9. The van der Waals surface area contributed by atoms with Crippen molar-refractivity contribution in [2.75, 3.05) is 14.2 Å². The Labute approximate surface area is 181 Å². The van der Waals surface area contributed by atoms with Crippen molar-refractivity contribution in [2.45, 2.75) is 24.9 Å². The maximum absolute atomic E-state index is 12.2. The van der Waals surface area contributed by atoms with Crippen LogP contribution in [0, 0.1) is 0 Å². The molecule has 160 valence electrons. The molecule has 1 heterocycles. The molecule has 6 nitrogen and oxygen atoms in total.